The molecular formula is C13H21NO2. The van der Waals surface area contributed by atoms with Crippen LogP contribution in [-0.4, -0.2) is 31.4 Å². The van der Waals surface area contributed by atoms with E-state index in [4.69, 9.17) is 9.84 Å². The first kappa shape index (κ1) is 12.8. The van der Waals surface area contributed by atoms with Gasteiger partial charge < -0.3 is 14.7 Å². The van der Waals surface area contributed by atoms with E-state index in [0.29, 0.717) is 0 Å². The number of hydrogen-bond acceptors (Lipinski definition) is 3. The van der Waals surface area contributed by atoms with Crippen molar-refractivity contribution < 1.29 is 9.84 Å². The van der Waals surface area contributed by atoms with E-state index in [2.05, 4.69) is 18.7 Å². The van der Waals surface area contributed by atoms with Crippen LogP contribution in [0.25, 0.3) is 0 Å². The summed E-state index contributed by atoms with van der Waals surface area (Å²) in [4.78, 5) is 2.17. The number of benzene rings is 1. The van der Waals surface area contributed by atoms with Crippen LogP contribution in [0.5, 0.6) is 5.75 Å². The lowest BCUT2D eigenvalue weighted by atomic mass is 9.98. The Balaban J connectivity index is 2.83. The lowest BCUT2D eigenvalue weighted by Crippen LogP contribution is -2.41. The highest BCUT2D eigenvalue weighted by molar-refractivity contribution is 5.50. The van der Waals surface area contributed by atoms with E-state index in [1.807, 2.05) is 31.3 Å². The Kier molecular flexibility index (Phi) is 4.19. The Morgan fingerprint density at radius 1 is 1.25 bits per heavy atom. The summed E-state index contributed by atoms with van der Waals surface area (Å²) in [6.07, 6.45) is 0.746. The summed E-state index contributed by atoms with van der Waals surface area (Å²) in [5.74, 6) is 0.858. The van der Waals surface area contributed by atoms with Gasteiger partial charge in [0, 0.05) is 24.9 Å². The van der Waals surface area contributed by atoms with Crippen LogP contribution in [0, 0.1) is 0 Å². The van der Waals surface area contributed by atoms with Crippen LogP contribution >= 0.6 is 0 Å². The summed E-state index contributed by atoms with van der Waals surface area (Å²) in [6.45, 7) is 4.44. The molecule has 0 saturated carbocycles. The standard InChI is InChI=1S/C13H21NO2/c1-13(2,9-10-15)14(3)11-5-7-12(16-4)8-6-11/h5-8,15H,9-10H2,1-4H3. The van der Waals surface area contributed by atoms with E-state index in [1.165, 1.54) is 0 Å². The summed E-state index contributed by atoms with van der Waals surface area (Å²) in [7, 11) is 3.70. The number of ether oxygens (including phenoxy) is 1. The first-order chi connectivity index (χ1) is 7.51. The Labute approximate surface area is 97.7 Å². The van der Waals surface area contributed by atoms with Gasteiger partial charge in [-0.05, 0) is 44.5 Å². The van der Waals surface area contributed by atoms with Crippen molar-refractivity contribution in [1.82, 2.24) is 0 Å². The predicted octanol–water partition coefficient (Wildman–Crippen LogP) is 2.29. The molecule has 0 bridgehead atoms. The molecule has 0 saturated heterocycles. The molecule has 90 valence electrons. The number of hydrogen-bond donors (Lipinski definition) is 1. The molecule has 0 fully saturated rings. The van der Waals surface area contributed by atoms with Gasteiger partial charge in [-0.2, -0.15) is 0 Å². The van der Waals surface area contributed by atoms with Crippen LogP contribution in [0.1, 0.15) is 20.3 Å². The van der Waals surface area contributed by atoms with E-state index in [1.54, 1.807) is 7.11 Å². The zero-order valence-corrected chi connectivity index (χ0v) is 10.5. The van der Waals surface area contributed by atoms with Crippen LogP contribution < -0.4 is 9.64 Å². The Morgan fingerprint density at radius 2 is 1.81 bits per heavy atom. The zero-order chi connectivity index (χ0) is 12.2. The second kappa shape index (κ2) is 5.21. The minimum Gasteiger partial charge on any atom is -0.497 e. The highest BCUT2D eigenvalue weighted by Crippen LogP contribution is 2.26. The van der Waals surface area contributed by atoms with Crippen molar-refractivity contribution >= 4 is 5.69 Å². The quantitative estimate of drug-likeness (QED) is 0.831. The number of rotatable bonds is 5. The molecule has 16 heavy (non-hydrogen) atoms. The van der Waals surface area contributed by atoms with E-state index in [0.717, 1.165) is 17.9 Å². The molecule has 0 unspecified atom stereocenters. The molecule has 0 amide bonds. The molecular weight excluding hydrogens is 202 g/mol. The van der Waals surface area contributed by atoms with Crippen LogP contribution in [0.4, 0.5) is 5.69 Å². The molecule has 3 nitrogen and oxygen atoms in total. The molecule has 0 aliphatic rings. The average Bonchev–Trinajstić information content (AvgIpc) is 2.28. The van der Waals surface area contributed by atoms with Gasteiger partial charge in [0.1, 0.15) is 5.75 Å². The van der Waals surface area contributed by atoms with E-state index in [9.17, 15) is 0 Å². The number of nitrogens with zero attached hydrogens (tertiary/aromatic N) is 1. The molecule has 0 aromatic heterocycles. The van der Waals surface area contributed by atoms with Crippen LogP contribution in [0.3, 0.4) is 0 Å². The fraction of sp³-hybridized carbons (Fsp3) is 0.538. The first-order valence-corrected chi connectivity index (χ1v) is 5.50. The van der Waals surface area contributed by atoms with E-state index >= 15 is 0 Å². The van der Waals surface area contributed by atoms with Gasteiger partial charge in [-0.25, -0.2) is 0 Å². The highest BCUT2D eigenvalue weighted by Gasteiger charge is 2.22. The maximum atomic E-state index is 9.03. The topological polar surface area (TPSA) is 32.7 Å². The minimum atomic E-state index is -0.0522. The molecule has 1 rings (SSSR count). The van der Waals surface area contributed by atoms with Gasteiger partial charge in [-0.1, -0.05) is 0 Å². The fourth-order valence-corrected chi connectivity index (χ4v) is 1.60. The van der Waals surface area contributed by atoms with Crippen molar-refractivity contribution in [2.24, 2.45) is 0 Å². The van der Waals surface area contributed by atoms with Crippen molar-refractivity contribution in [2.75, 3.05) is 25.7 Å². The van der Waals surface area contributed by atoms with Gasteiger partial charge in [0.15, 0.2) is 0 Å². The van der Waals surface area contributed by atoms with Gasteiger partial charge >= 0.3 is 0 Å². The van der Waals surface area contributed by atoms with Crippen molar-refractivity contribution in [3.05, 3.63) is 24.3 Å². The van der Waals surface area contributed by atoms with E-state index in [-0.39, 0.29) is 12.1 Å². The van der Waals surface area contributed by atoms with Gasteiger partial charge in [-0.15, -0.1) is 0 Å². The molecule has 3 heteroatoms. The maximum Gasteiger partial charge on any atom is 0.119 e. The molecule has 1 N–H and O–H groups in total. The third-order valence-corrected chi connectivity index (χ3v) is 3.09. The summed E-state index contributed by atoms with van der Waals surface area (Å²) in [6, 6.07) is 7.94. The van der Waals surface area contributed by atoms with Gasteiger partial charge in [-0.3, -0.25) is 0 Å². The molecule has 0 atom stereocenters. The third kappa shape index (κ3) is 2.89. The van der Waals surface area contributed by atoms with Gasteiger partial charge in [0.05, 0.1) is 7.11 Å². The van der Waals surface area contributed by atoms with Crippen LogP contribution in [0.2, 0.25) is 0 Å². The van der Waals surface area contributed by atoms with Crippen LogP contribution in [0.15, 0.2) is 24.3 Å². The second-order valence-corrected chi connectivity index (χ2v) is 4.54. The lowest BCUT2D eigenvalue weighted by molar-refractivity contribution is 0.250. The predicted molar refractivity (Wildman–Crippen MR) is 67.2 cm³/mol. The monoisotopic (exact) mass is 223 g/mol. The summed E-state index contributed by atoms with van der Waals surface area (Å²) in [5.41, 5.74) is 1.07. The molecule has 0 spiro atoms. The smallest absolute Gasteiger partial charge is 0.119 e. The summed E-state index contributed by atoms with van der Waals surface area (Å²) in [5, 5.41) is 9.03. The highest BCUT2D eigenvalue weighted by atomic mass is 16.5. The van der Waals surface area contributed by atoms with Crippen molar-refractivity contribution in [3.8, 4) is 5.75 Å². The molecule has 1 aromatic rings. The summed E-state index contributed by atoms with van der Waals surface area (Å²) >= 11 is 0. The normalized spacial score (nSPS) is 11.3. The SMILES string of the molecule is COc1ccc(N(C)C(C)(C)CCO)cc1. The average molecular weight is 223 g/mol. The van der Waals surface area contributed by atoms with E-state index < -0.39 is 0 Å². The molecule has 0 aliphatic heterocycles. The Hall–Kier alpha value is -1.22. The molecule has 1 aromatic carbocycles. The minimum absolute atomic E-state index is 0.0522. The number of aliphatic hydroxyl groups is 1. The molecule has 0 aliphatic carbocycles. The molecule has 0 radical (unpaired) electrons. The van der Waals surface area contributed by atoms with Crippen LogP contribution in [-0.2, 0) is 0 Å². The fourth-order valence-electron chi connectivity index (χ4n) is 1.60. The number of methoxy groups -OCH3 is 1. The largest absolute Gasteiger partial charge is 0.497 e. The molecule has 0 heterocycles. The Morgan fingerprint density at radius 3 is 2.25 bits per heavy atom. The second-order valence-electron chi connectivity index (χ2n) is 4.54. The lowest BCUT2D eigenvalue weighted by Gasteiger charge is -2.37. The number of anilines is 1. The Bertz CT molecular complexity index is 319. The third-order valence-electron chi connectivity index (χ3n) is 3.09. The summed E-state index contributed by atoms with van der Waals surface area (Å²) < 4.78 is 5.12. The van der Waals surface area contributed by atoms with Gasteiger partial charge in [0.2, 0.25) is 0 Å². The zero-order valence-electron chi connectivity index (χ0n) is 10.5. The first-order valence-electron chi connectivity index (χ1n) is 5.50. The van der Waals surface area contributed by atoms with Crippen molar-refractivity contribution in [2.45, 2.75) is 25.8 Å². The van der Waals surface area contributed by atoms with Crippen molar-refractivity contribution in [1.29, 1.82) is 0 Å². The maximum absolute atomic E-state index is 9.03. The van der Waals surface area contributed by atoms with Crippen molar-refractivity contribution in [3.63, 3.8) is 0 Å². The van der Waals surface area contributed by atoms with Gasteiger partial charge in [0.25, 0.3) is 0 Å². The number of aliphatic hydroxyl groups excluding tert-OH is 1.